The van der Waals surface area contributed by atoms with Crippen LogP contribution in [0.5, 0.6) is 0 Å². The van der Waals surface area contributed by atoms with Crippen molar-refractivity contribution in [1.82, 2.24) is 0 Å². The van der Waals surface area contributed by atoms with Crippen molar-refractivity contribution in [2.24, 2.45) is 0 Å². The van der Waals surface area contributed by atoms with Crippen LogP contribution in [0.2, 0.25) is 0 Å². The van der Waals surface area contributed by atoms with Gasteiger partial charge in [0.1, 0.15) is 12.2 Å². The van der Waals surface area contributed by atoms with E-state index in [1.54, 1.807) is 0 Å². The fraction of sp³-hybridized carbons (Fsp3) is 0.556. The first-order chi connectivity index (χ1) is 5.83. The molecule has 0 bridgehead atoms. The van der Waals surface area contributed by atoms with Crippen LogP contribution in [-0.2, 0) is 4.74 Å². The molecule has 0 aromatic carbocycles. The molecular formula is C9H11ClO2. The Morgan fingerprint density at radius 1 is 1.67 bits per heavy atom. The SMILES string of the molecule is OC[C@H]1OC1C1=C(Cl)CCC=C1. The number of allylic oxidation sites excluding steroid dienone is 2. The molecule has 0 aromatic rings. The molecule has 1 aliphatic carbocycles. The third-order valence-electron chi connectivity index (χ3n) is 2.21. The smallest absolute Gasteiger partial charge is 0.113 e. The van der Waals surface area contributed by atoms with Crippen LogP contribution in [0.15, 0.2) is 22.8 Å². The summed E-state index contributed by atoms with van der Waals surface area (Å²) in [6, 6.07) is 0. The van der Waals surface area contributed by atoms with Crippen molar-refractivity contribution in [2.75, 3.05) is 6.61 Å². The van der Waals surface area contributed by atoms with Crippen LogP contribution in [-0.4, -0.2) is 23.9 Å². The van der Waals surface area contributed by atoms with Crippen molar-refractivity contribution >= 4 is 11.6 Å². The number of hydrogen-bond donors (Lipinski definition) is 1. The van der Waals surface area contributed by atoms with E-state index in [1.165, 1.54) is 0 Å². The molecule has 0 spiro atoms. The maximum atomic E-state index is 8.78. The minimum absolute atomic E-state index is 0.0171. The molecule has 2 atom stereocenters. The van der Waals surface area contributed by atoms with Crippen LogP contribution < -0.4 is 0 Å². The van der Waals surface area contributed by atoms with Gasteiger partial charge in [-0.15, -0.1) is 0 Å². The van der Waals surface area contributed by atoms with Gasteiger partial charge in [0, 0.05) is 5.03 Å². The summed E-state index contributed by atoms with van der Waals surface area (Å²) in [6.45, 7) is 0.0895. The Hall–Kier alpha value is -0.310. The quantitative estimate of drug-likeness (QED) is 0.665. The summed E-state index contributed by atoms with van der Waals surface area (Å²) >= 11 is 6.01. The number of hydrogen-bond acceptors (Lipinski definition) is 2. The van der Waals surface area contributed by atoms with Crippen molar-refractivity contribution in [2.45, 2.75) is 25.0 Å². The highest BCUT2D eigenvalue weighted by Crippen LogP contribution is 2.35. The molecule has 0 radical (unpaired) electrons. The second-order valence-corrected chi connectivity index (χ2v) is 3.54. The molecule has 1 unspecified atom stereocenters. The van der Waals surface area contributed by atoms with Gasteiger partial charge in [-0.1, -0.05) is 23.8 Å². The fourth-order valence-corrected chi connectivity index (χ4v) is 1.74. The molecule has 2 aliphatic rings. The molecule has 0 aromatic heterocycles. The molecule has 1 heterocycles. The Bertz CT molecular complexity index is 245. The average Bonchev–Trinajstić information content (AvgIpc) is 2.84. The highest BCUT2D eigenvalue weighted by Gasteiger charge is 2.41. The van der Waals surface area contributed by atoms with Crippen LogP contribution in [0.25, 0.3) is 0 Å². The zero-order valence-corrected chi connectivity index (χ0v) is 7.42. The molecule has 12 heavy (non-hydrogen) atoms. The molecular weight excluding hydrogens is 176 g/mol. The normalized spacial score (nSPS) is 34.2. The highest BCUT2D eigenvalue weighted by atomic mass is 35.5. The molecule has 0 saturated carbocycles. The summed E-state index contributed by atoms with van der Waals surface area (Å²) in [4.78, 5) is 0. The monoisotopic (exact) mass is 186 g/mol. The molecule has 1 saturated heterocycles. The van der Waals surface area contributed by atoms with E-state index in [9.17, 15) is 0 Å². The number of aliphatic hydroxyl groups excluding tert-OH is 1. The fourth-order valence-electron chi connectivity index (χ4n) is 1.46. The number of rotatable bonds is 2. The van der Waals surface area contributed by atoms with Gasteiger partial charge in [-0.3, -0.25) is 0 Å². The summed E-state index contributed by atoms with van der Waals surface area (Å²) < 4.78 is 5.23. The van der Waals surface area contributed by atoms with Crippen LogP contribution in [0, 0.1) is 0 Å². The molecule has 2 rings (SSSR count). The molecule has 1 fully saturated rings. The topological polar surface area (TPSA) is 32.8 Å². The minimum atomic E-state index is -0.0171. The van der Waals surface area contributed by atoms with Gasteiger partial charge in [0.2, 0.25) is 0 Å². The average molecular weight is 187 g/mol. The summed E-state index contributed by atoms with van der Waals surface area (Å²) in [6.07, 6.45) is 6.06. The summed E-state index contributed by atoms with van der Waals surface area (Å²) in [5, 5.41) is 9.67. The summed E-state index contributed by atoms with van der Waals surface area (Å²) in [5.74, 6) is 0. The lowest BCUT2D eigenvalue weighted by atomic mass is 10.0. The van der Waals surface area contributed by atoms with Crippen LogP contribution >= 0.6 is 11.6 Å². The third-order valence-corrected chi connectivity index (χ3v) is 2.62. The van der Waals surface area contributed by atoms with E-state index in [-0.39, 0.29) is 18.8 Å². The molecule has 2 nitrogen and oxygen atoms in total. The number of halogens is 1. The second-order valence-electron chi connectivity index (χ2n) is 3.08. The Labute approximate surface area is 76.5 Å². The predicted molar refractivity (Wildman–Crippen MR) is 47.0 cm³/mol. The number of ether oxygens (including phenoxy) is 1. The van der Waals surface area contributed by atoms with Crippen LogP contribution in [0.1, 0.15) is 12.8 Å². The second kappa shape index (κ2) is 3.21. The van der Waals surface area contributed by atoms with Crippen LogP contribution in [0.4, 0.5) is 0 Å². The number of epoxide rings is 1. The first-order valence-electron chi connectivity index (χ1n) is 4.14. The molecule has 1 N–H and O–H groups in total. The van der Waals surface area contributed by atoms with E-state index in [4.69, 9.17) is 21.4 Å². The molecule has 1 aliphatic heterocycles. The maximum absolute atomic E-state index is 8.78. The van der Waals surface area contributed by atoms with Gasteiger partial charge < -0.3 is 9.84 Å². The van der Waals surface area contributed by atoms with Crippen molar-refractivity contribution in [3.63, 3.8) is 0 Å². The molecule has 0 amide bonds. The predicted octanol–water partition coefficient (Wildman–Crippen LogP) is 1.59. The highest BCUT2D eigenvalue weighted by molar-refractivity contribution is 6.30. The van der Waals surface area contributed by atoms with E-state index in [2.05, 4.69) is 6.08 Å². The van der Waals surface area contributed by atoms with Gasteiger partial charge in [-0.25, -0.2) is 0 Å². The first kappa shape index (κ1) is 8.30. The maximum Gasteiger partial charge on any atom is 0.113 e. The van der Waals surface area contributed by atoms with E-state index < -0.39 is 0 Å². The zero-order chi connectivity index (χ0) is 8.55. The van der Waals surface area contributed by atoms with Crippen molar-refractivity contribution in [3.05, 3.63) is 22.8 Å². The van der Waals surface area contributed by atoms with Gasteiger partial charge in [-0.05, 0) is 18.4 Å². The molecule has 3 heteroatoms. The first-order valence-corrected chi connectivity index (χ1v) is 4.52. The van der Waals surface area contributed by atoms with Crippen molar-refractivity contribution in [1.29, 1.82) is 0 Å². The zero-order valence-electron chi connectivity index (χ0n) is 6.66. The van der Waals surface area contributed by atoms with E-state index in [1.807, 2.05) is 6.08 Å². The van der Waals surface area contributed by atoms with Gasteiger partial charge in [0.25, 0.3) is 0 Å². The largest absolute Gasteiger partial charge is 0.394 e. The lowest BCUT2D eigenvalue weighted by Crippen LogP contribution is -2.03. The van der Waals surface area contributed by atoms with Gasteiger partial charge in [0.15, 0.2) is 0 Å². The van der Waals surface area contributed by atoms with Gasteiger partial charge in [-0.2, -0.15) is 0 Å². The third kappa shape index (κ3) is 1.42. The Balaban J connectivity index is 2.08. The van der Waals surface area contributed by atoms with Gasteiger partial charge in [0.05, 0.1) is 6.61 Å². The summed E-state index contributed by atoms with van der Waals surface area (Å²) in [7, 11) is 0. The Morgan fingerprint density at radius 2 is 2.50 bits per heavy atom. The van der Waals surface area contributed by atoms with E-state index >= 15 is 0 Å². The van der Waals surface area contributed by atoms with E-state index in [0.29, 0.717) is 0 Å². The lowest BCUT2D eigenvalue weighted by molar-refractivity contribution is 0.243. The van der Waals surface area contributed by atoms with Gasteiger partial charge >= 0.3 is 0 Å². The molecule has 66 valence electrons. The summed E-state index contributed by atoms with van der Waals surface area (Å²) in [5.41, 5.74) is 1.06. The Morgan fingerprint density at radius 3 is 3.08 bits per heavy atom. The number of aliphatic hydroxyl groups is 1. The lowest BCUT2D eigenvalue weighted by Gasteiger charge is -2.07. The van der Waals surface area contributed by atoms with Crippen LogP contribution in [0.3, 0.4) is 0 Å². The van der Waals surface area contributed by atoms with E-state index in [0.717, 1.165) is 23.4 Å². The van der Waals surface area contributed by atoms with Crippen molar-refractivity contribution in [3.8, 4) is 0 Å². The van der Waals surface area contributed by atoms with Crippen molar-refractivity contribution < 1.29 is 9.84 Å². The minimum Gasteiger partial charge on any atom is -0.394 e. The standard InChI is InChI=1S/C9H11ClO2/c10-7-4-2-1-3-6(7)9-8(5-11)12-9/h1,3,8-9,11H,2,4-5H2/t8-,9?/m1/s1. The Kier molecular flexibility index (Phi) is 2.22.